The number of rotatable bonds is 11. The Morgan fingerprint density at radius 1 is 1.26 bits per heavy atom. The third kappa shape index (κ3) is 6.84. The molecule has 2 unspecified atom stereocenters. The van der Waals surface area contributed by atoms with Crippen molar-refractivity contribution in [1.82, 2.24) is 0 Å². The van der Waals surface area contributed by atoms with E-state index in [-0.39, 0.29) is 35.0 Å². The highest BCUT2D eigenvalue weighted by Crippen LogP contribution is 2.49. The molecule has 0 saturated heterocycles. The van der Waals surface area contributed by atoms with Gasteiger partial charge in [0, 0.05) is 18.8 Å². The molecule has 1 aromatic carbocycles. The van der Waals surface area contributed by atoms with Gasteiger partial charge >= 0.3 is 5.97 Å². The highest BCUT2D eigenvalue weighted by molar-refractivity contribution is 7.92. The van der Waals surface area contributed by atoms with Crippen LogP contribution in [-0.2, 0) is 19.4 Å². The summed E-state index contributed by atoms with van der Waals surface area (Å²) < 4.78 is 31.9. The first-order valence-corrected chi connectivity index (χ1v) is 13.8. The zero-order valence-electron chi connectivity index (χ0n) is 20.5. The number of methoxy groups -OCH3 is 1. The van der Waals surface area contributed by atoms with Gasteiger partial charge in [-0.25, -0.2) is 8.42 Å². The van der Waals surface area contributed by atoms with Gasteiger partial charge in [-0.3, -0.25) is 4.79 Å². The van der Waals surface area contributed by atoms with Crippen molar-refractivity contribution in [3.8, 4) is 11.8 Å². The van der Waals surface area contributed by atoms with E-state index in [4.69, 9.17) is 4.74 Å². The largest absolute Gasteiger partial charge is 0.469 e. The van der Waals surface area contributed by atoms with Gasteiger partial charge in [-0.05, 0) is 63.0 Å². The number of carbonyl (C=O) groups is 1. The number of fused-ring (bicyclic) bond motifs is 1. The third-order valence-corrected chi connectivity index (χ3v) is 9.35. The topological polar surface area (TPSA) is 101 Å². The summed E-state index contributed by atoms with van der Waals surface area (Å²) in [6, 6.07) is 8.43. The number of esters is 1. The summed E-state index contributed by atoms with van der Waals surface area (Å²) in [6.45, 7) is 1.77. The third-order valence-electron chi connectivity index (χ3n) is 7.13. The molecule has 2 aliphatic carbocycles. The summed E-state index contributed by atoms with van der Waals surface area (Å²) in [5, 5.41) is 20.2. The van der Waals surface area contributed by atoms with E-state index in [9.17, 15) is 23.4 Å². The SMILES string of the molecule is CC#CCCC(O)/C=C/[C@H]1[C@H]2CC(C(CCCC(=O)OC)S(=O)(=O)c3ccccc3)=C[C@H]2C[C@H]1O. The number of carbonyl (C=O) groups excluding carboxylic acids is 1. The van der Waals surface area contributed by atoms with Gasteiger partial charge in [0.25, 0.3) is 0 Å². The number of ether oxygens (including phenoxy) is 1. The molecule has 7 heteroatoms. The van der Waals surface area contributed by atoms with Crippen LogP contribution in [0.3, 0.4) is 0 Å². The van der Waals surface area contributed by atoms with Gasteiger partial charge in [0.2, 0.25) is 0 Å². The normalized spacial score (nSPS) is 25.4. The summed E-state index contributed by atoms with van der Waals surface area (Å²) in [5.74, 6) is 5.44. The molecule has 6 nitrogen and oxygen atoms in total. The Balaban J connectivity index is 1.78. The number of allylic oxidation sites excluding steroid dienone is 1. The van der Waals surface area contributed by atoms with Crippen LogP contribution in [0.2, 0.25) is 0 Å². The summed E-state index contributed by atoms with van der Waals surface area (Å²) >= 11 is 0. The molecule has 1 fully saturated rings. The van der Waals surface area contributed by atoms with E-state index in [0.717, 1.165) is 5.57 Å². The number of benzene rings is 1. The van der Waals surface area contributed by atoms with Crippen LogP contribution in [0.25, 0.3) is 0 Å². The summed E-state index contributed by atoms with van der Waals surface area (Å²) in [4.78, 5) is 11.9. The van der Waals surface area contributed by atoms with Crippen LogP contribution in [-0.4, -0.2) is 49.2 Å². The fourth-order valence-electron chi connectivity index (χ4n) is 5.33. The molecule has 1 saturated carbocycles. The van der Waals surface area contributed by atoms with Crippen LogP contribution >= 0.6 is 0 Å². The van der Waals surface area contributed by atoms with E-state index in [1.165, 1.54) is 7.11 Å². The lowest BCUT2D eigenvalue weighted by molar-refractivity contribution is -0.140. The second-order valence-corrected chi connectivity index (χ2v) is 11.5. The first kappa shape index (κ1) is 27.2. The van der Waals surface area contributed by atoms with E-state index in [2.05, 4.69) is 11.8 Å². The van der Waals surface area contributed by atoms with Crippen molar-refractivity contribution >= 4 is 15.8 Å². The van der Waals surface area contributed by atoms with Crippen LogP contribution in [0.15, 0.2) is 59.0 Å². The predicted octanol–water partition coefficient (Wildman–Crippen LogP) is 3.84. The molecular weight excluding hydrogens is 464 g/mol. The van der Waals surface area contributed by atoms with Crippen molar-refractivity contribution in [2.24, 2.45) is 17.8 Å². The number of aliphatic hydroxyl groups is 2. The molecule has 2 aliphatic rings. The van der Waals surface area contributed by atoms with Crippen molar-refractivity contribution in [3.63, 3.8) is 0 Å². The van der Waals surface area contributed by atoms with Crippen LogP contribution in [0.5, 0.6) is 0 Å². The second kappa shape index (κ2) is 12.5. The average molecular weight is 501 g/mol. The predicted molar refractivity (Wildman–Crippen MR) is 135 cm³/mol. The van der Waals surface area contributed by atoms with Crippen LogP contribution < -0.4 is 0 Å². The van der Waals surface area contributed by atoms with Gasteiger partial charge in [0.15, 0.2) is 9.84 Å². The molecule has 0 amide bonds. The van der Waals surface area contributed by atoms with E-state index >= 15 is 0 Å². The fraction of sp³-hybridized carbons (Fsp3) is 0.536. The zero-order chi connectivity index (χ0) is 25.4. The van der Waals surface area contributed by atoms with Gasteiger partial charge in [0.05, 0.1) is 29.5 Å². The van der Waals surface area contributed by atoms with Crippen molar-refractivity contribution in [2.75, 3.05) is 7.11 Å². The molecule has 6 atom stereocenters. The van der Waals surface area contributed by atoms with E-state index < -0.39 is 27.3 Å². The van der Waals surface area contributed by atoms with Crippen LogP contribution in [0.4, 0.5) is 0 Å². The first-order chi connectivity index (χ1) is 16.8. The molecule has 0 aliphatic heterocycles. The van der Waals surface area contributed by atoms with Crippen molar-refractivity contribution in [3.05, 3.63) is 54.1 Å². The average Bonchev–Trinajstić information content (AvgIpc) is 3.37. The minimum Gasteiger partial charge on any atom is -0.469 e. The Bertz CT molecular complexity index is 1080. The molecule has 0 radical (unpaired) electrons. The van der Waals surface area contributed by atoms with Crippen molar-refractivity contribution in [2.45, 2.75) is 74.2 Å². The standard InChI is InChI=1S/C28H36O6S/c1-3-4-6-10-22(29)15-16-24-25-18-21(17-20(25)19-26(24)30)27(13-9-14-28(31)34-2)35(32,33)23-11-7-5-8-12-23/h5,7-8,11-12,15-17,20,22,24-27,29-30H,6,9-10,13-14,18-19H2,1-2H3/b16-15+/t20-,22?,24-,25-,26+,27?/m0/s1. The molecule has 35 heavy (non-hydrogen) atoms. The summed E-state index contributed by atoms with van der Waals surface area (Å²) in [7, 11) is -2.32. The lowest BCUT2D eigenvalue weighted by atomic mass is 9.88. The Kier molecular flexibility index (Phi) is 9.73. The van der Waals surface area contributed by atoms with E-state index in [0.29, 0.717) is 38.5 Å². The monoisotopic (exact) mass is 500 g/mol. The van der Waals surface area contributed by atoms with Gasteiger partial charge < -0.3 is 14.9 Å². The Hall–Kier alpha value is -2.40. The van der Waals surface area contributed by atoms with E-state index in [1.807, 2.05) is 12.2 Å². The number of hydrogen-bond donors (Lipinski definition) is 2. The van der Waals surface area contributed by atoms with Gasteiger partial charge in [0.1, 0.15) is 0 Å². The van der Waals surface area contributed by atoms with Crippen LogP contribution in [0, 0.1) is 29.6 Å². The highest BCUT2D eigenvalue weighted by Gasteiger charge is 2.46. The molecule has 0 bridgehead atoms. The summed E-state index contributed by atoms with van der Waals surface area (Å²) in [6.07, 6.45) is 7.73. The zero-order valence-corrected chi connectivity index (χ0v) is 21.3. The molecule has 0 heterocycles. The molecular formula is C28H36O6S. The van der Waals surface area contributed by atoms with Gasteiger partial charge in [-0.2, -0.15) is 0 Å². The molecule has 190 valence electrons. The Morgan fingerprint density at radius 3 is 2.69 bits per heavy atom. The minimum absolute atomic E-state index is 0.0897. The fourth-order valence-corrected chi connectivity index (χ4v) is 7.25. The summed E-state index contributed by atoms with van der Waals surface area (Å²) in [5.41, 5.74) is 0.859. The second-order valence-electron chi connectivity index (χ2n) is 9.39. The lowest BCUT2D eigenvalue weighted by Crippen LogP contribution is -2.25. The maximum Gasteiger partial charge on any atom is 0.305 e. The lowest BCUT2D eigenvalue weighted by Gasteiger charge is -2.23. The minimum atomic E-state index is -3.64. The number of aliphatic hydroxyl groups excluding tert-OH is 2. The van der Waals surface area contributed by atoms with E-state index in [1.54, 1.807) is 43.3 Å². The van der Waals surface area contributed by atoms with Crippen molar-refractivity contribution in [1.29, 1.82) is 0 Å². The first-order valence-electron chi connectivity index (χ1n) is 12.3. The Labute approximate surface area is 209 Å². The molecule has 0 spiro atoms. The van der Waals surface area contributed by atoms with Crippen LogP contribution in [0.1, 0.15) is 51.9 Å². The van der Waals surface area contributed by atoms with Gasteiger partial charge in [-0.1, -0.05) is 42.0 Å². The maximum absolute atomic E-state index is 13.6. The van der Waals surface area contributed by atoms with Gasteiger partial charge in [-0.15, -0.1) is 11.8 Å². The maximum atomic E-state index is 13.6. The number of sulfone groups is 1. The molecule has 3 rings (SSSR count). The molecule has 0 aromatic heterocycles. The molecule has 2 N–H and O–H groups in total. The smallest absolute Gasteiger partial charge is 0.305 e. The highest BCUT2D eigenvalue weighted by atomic mass is 32.2. The Morgan fingerprint density at radius 2 is 2.00 bits per heavy atom. The molecule has 1 aromatic rings. The quantitative estimate of drug-likeness (QED) is 0.272. The number of hydrogen-bond acceptors (Lipinski definition) is 6. The van der Waals surface area contributed by atoms with Crippen molar-refractivity contribution < 1.29 is 28.2 Å².